The van der Waals surface area contributed by atoms with Crippen LogP contribution in [-0.2, 0) is 11.3 Å². The van der Waals surface area contributed by atoms with Crippen LogP contribution in [0.3, 0.4) is 0 Å². The third kappa shape index (κ3) is 3.24. The van der Waals surface area contributed by atoms with Gasteiger partial charge in [-0.1, -0.05) is 13.3 Å². The number of carbonyl (C=O) groups is 1. The van der Waals surface area contributed by atoms with Gasteiger partial charge in [-0.15, -0.1) is 0 Å². The predicted molar refractivity (Wildman–Crippen MR) is 70.9 cm³/mol. The molecule has 0 bridgehead atoms. The fraction of sp³-hybridized carbons (Fsp3) is 0.692. The van der Waals surface area contributed by atoms with Gasteiger partial charge < -0.3 is 10.6 Å². The van der Waals surface area contributed by atoms with E-state index in [0.29, 0.717) is 12.4 Å². The molecule has 2 heterocycles. The Morgan fingerprint density at radius 2 is 2.33 bits per heavy atom. The molecule has 1 amide bonds. The van der Waals surface area contributed by atoms with Crippen molar-refractivity contribution in [2.75, 3.05) is 18.8 Å². The minimum absolute atomic E-state index is 0.148. The molecule has 0 aromatic carbocycles. The highest BCUT2D eigenvalue weighted by Crippen LogP contribution is 2.20. The molecule has 1 atom stereocenters. The van der Waals surface area contributed by atoms with Crippen LogP contribution in [0.4, 0.5) is 5.82 Å². The van der Waals surface area contributed by atoms with Crippen LogP contribution in [-0.4, -0.2) is 33.7 Å². The maximum atomic E-state index is 12.1. The summed E-state index contributed by atoms with van der Waals surface area (Å²) >= 11 is 0. The number of hydrogen-bond donors (Lipinski definition) is 1. The minimum atomic E-state index is 0.148. The van der Waals surface area contributed by atoms with Gasteiger partial charge in [0.15, 0.2) is 0 Å². The number of nitrogen functional groups attached to an aromatic ring is 1. The predicted octanol–water partition coefficient (Wildman–Crippen LogP) is 1.50. The van der Waals surface area contributed by atoms with E-state index >= 15 is 0 Å². The van der Waals surface area contributed by atoms with Crippen molar-refractivity contribution in [3.63, 3.8) is 0 Å². The lowest BCUT2D eigenvalue weighted by molar-refractivity contribution is -0.132. The quantitative estimate of drug-likeness (QED) is 0.884. The van der Waals surface area contributed by atoms with E-state index in [-0.39, 0.29) is 5.91 Å². The van der Waals surface area contributed by atoms with Crippen LogP contribution in [0.2, 0.25) is 0 Å². The van der Waals surface area contributed by atoms with Gasteiger partial charge in [-0.25, -0.2) is 0 Å². The van der Waals surface area contributed by atoms with Crippen LogP contribution in [0.5, 0.6) is 0 Å². The van der Waals surface area contributed by atoms with Crippen molar-refractivity contribution in [3.8, 4) is 0 Å². The summed E-state index contributed by atoms with van der Waals surface area (Å²) in [4.78, 5) is 14.1. The monoisotopic (exact) mass is 250 g/mol. The molecule has 18 heavy (non-hydrogen) atoms. The van der Waals surface area contributed by atoms with Crippen molar-refractivity contribution in [2.45, 2.75) is 39.2 Å². The van der Waals surface area contributed by atoms with Crippen LogP contribution >= 0.6 is 0 Å². The average Bonchev–Trinajstić information content (AvgIpc) is 2.65. The SMILES string of the molecule is CCC1CCCN(C(=O)Cn2ccc(N)n2)CC1. The molecule has 1 saturated heterocycles. The van der Waals surface area contributed by atoms with E-state index in [1.807, 2.05) is 4.90 Å². The van der Waals surface area contributed by atoms with Gasteiger partial charge in [-0.2, -0.15) is 5.10 Å². The highest BCUT2D eigenvalue weighted by atomic mass is 16.2. The maximum absolute atomic E-state index is 12.1. The van der Waals surface area contributed by atoms with E-state index < -0.39 is 0 Å². The molecule has 1 aromatic heterocycles. The number of amides is 1. The lowest BCUT2D eigenvalue weighted by atomic mass is 9.98. The summed E-state index contributed by atoms with van der Waals surface area (Å²) in [6.07, 6.45) is 6.46. The molecule has 0 spiro atoms. The Hall–Kier alpha value is -1.52. The summed E-state index contributed by atoms with van der Waals surface area (Å²) in [5.74, 6) is 1.39. The van der Waals surface area contributed by atoms with E-state index in [0.717, 1.165) is 31.8 Å². The van der Waals surface area contributed by atoms with Crippen LogP contribution < -0.4 is 5.73 Å². The van der Waals surface area contributed by atoms with Crippen molar-refractivity contribution in [3.05, 3.63) is 12.3 Å². The van der Waals surface area contributed by atoms with Crippen LogP contribution in [0.1, 0.15) is 32.6 Å². The van der Waals surface area contributed by atoms with E-state index in [9.17, 15) is 4.79 Å². The first-order valence-electron chi connectivity index (χ1n) is 6.75. The van der Waals surface area contributed by atoms with Gasteiger partial charge in [0.05, 0.1) is 0 Å². The fourth-order valence-corrected chi connectivity index (χ4v) is 2.53. The van der Waals surface area contributed by atoms with Gasteiger partial charge in [0.1, 0.15) is 12.4 Å². The number of anilines is 1. The molecule has 100 valence electrons. The number of hydrogen-bond acceptors (Lipinski definition) is 3. The summed E-state index contributed by atoms with van der Waals surface area (Å²) in [6, 6.07) is 1.71. The first-order valence-corrected chi connectivity index (χ1v) is 6.75. The summed E-state index contributed by atoms with van der Waals surface area (Å²) in [5, 5.41) is 4.05. The lowest BCUT2D eigenvalue weighted by Crippen LogP contribution is -2.34. The molecule has 0 radical (unpaired) electrons. The van der Waals surface area contributed by atoms with E-state index in [2.05, 4.69) is 12.0 Å². The normalized spacial score (nSPS) is 20.7. The third-order valence-corrected chi connectivity index (χ3v) is 3.74. The zero-order chi connectivity index (χ0) is 13.0. The van der Waals surface area contributed by atoms with Crippen molar-refractivity contribution in [1.29, 1.82) is 0 Å². The number of nitrogens with two attached hydrogens (primary N) is 1. The van der Waals surface area contributed by atoms with E-state index in [1.54, 1.807) is 16.9 Å². The highest BCUT2D eigenvalue weighted by Gasteiger charge is 2.19. The van der Waals surface area contributed by atoms with E-state index in [4.69, 9.17) is 5.73 Å². The Morgan fingerprint density at radius 3 is 3.00 bits per heavy atom. The number of carbonyl (C=O) groups excluding carboxylic acids is 1. The van der Waals surface area contributed by atoms with Crippen molar-refractivity contribution >= 4 is 11.7 Å². The van der Waals surface area contributed by atoms with Gasteiger partial charge in [0, 0.05) is 19.3 Å². The molecule has 1 fully saturated rings. The van der Waals surface area contributed by atoms with Crippen molar-refractivity contribution in [2.24, 2.45) is 5.92 Å². The minimum Gasteiger partial charge on any atom is -0.382 e. The third-order valence-electron chi connectivity index (χ3n) is 3.74. The standard InChI is InChI=1S/C13H22N4O/c1-2-11-4-3-7-16(8-5-11)13(18)10-17-9-6-12(14)15-17/h6,9,11H,2-5,7-8,10H2,1H3,(H2,14,15). The largest absolute Gasteiger partial charge is 0.382 e. The summed E-state index contributed by atoms with van der Waals surface area (Å²) < 4.78 is 1.61. The van der Waals surface area contributed by atoms with Gasteiger partial charge in [0.25, 0.3) is 0 Å². The Morgan fingerprint density at radius 1 is 1.50 bits per heavy atom. The van der Waals surface area contributed by atoms with Gasteiger partial charge in [0.2, 0.25) is 5.91 Å². The highest BCUT2D eigenvalue weighted by molar-refractivity contribution is 5.75. The zero-order valence-corrected chi connectivity index (χ0v) is 11.0. The van der Waals surface area contributed by atoms with Gasteiger partial charge >= 0.3 is 0 Å². The molecule has 5 nitrogen and oxygen atoms in total. The molecular formula is C13H22N4O. The van der Waals surface area contributed by atoms with Crippen LogP contribution in [0.15, 0.2) is 12.3 Å². The first-order chi connectivity index (χ1) is 8.69. The second-order valence-electron chi connectivity index (χ2n) is 5.02. The number of aromatic nitrogens is 2. The lowest BCUT2D eigenvalue weighted by Gasteiger charge is -2.20. The summed E-state index contributed by atoms with van der Waals surface area (Å²) in [5.41, 5.74) is 5.54. The summed E-state index contributed by atoms with van der Waals surface area (Å²) in [7, 11) is 0. The molecule has 1 aliphatic rings. The Kier molecular flexibility index (Phi) is 4.23. The average molecular weight is 250 g/mol. The second-order valence-corrected chi connectivity index (χ2v) is 5.02. The Bertz CT molecular complexity index is 401. The molecule has 1 aliphatic heterocycles. The van der Waals surface area contributed by atoms with Gasteiger partial charge in [-0.3, -0.25) is 9.48 Å². The fourth-order valence-electron chi connectivity index (χ4n) is 2.53. The zero-order valence-electron chi connectivity index (χ0n) is 11.0. The molecule has 2 N–H and O–H groups in total. The van der Waals surface area contributed by atoms with Crippen LogP contribution in [0.25, 0.3) is 0 Å². The van der Waals surface area contributed by atoms with E-state index in [1.165, 1.54) is 12.8 Å². The van der Waals surface area contributed by atoms with Crippen LogP contribution in [0, 0.1) is 5.92 Å². The first kappa shape index (κ1) is 12.9. The number of nitrogens with zero attached hydrogens (tertiary/aromatic N) is 3. The molecule has 1 aromatic rings. The second kappa shape index (κ2) is 5.89. The molecule has 0 aliphatic carbocycles. The van der Waals surface area contributed by atoms with Gasteiger partial charge in [-0.05, 0) is 31.2 Å². The molecular weight excluding hydrogens is 228 g/mol. The van der Waals surface area contributed by atoms with Crippen molar-refractivity contribution in [1.82, 2.24) is 14.7 Å². The Balaban J connectivity index is 1.89. The summed E-state index contributed by atoms with van der Waals surface area (Å²) in [6.45, 7) is 4.29. The number of rotatable bonds is 3. The molecule has 1 unspecified atom stereocenters. The smallest absolute Gasteiger partial charge is 0.244 e. The van der Waals surface area contributed by atoms with Crippen molar-refractivity contribution < 1.29 is 4.79 Å². The topological polar surface area (TPSA) is 64.2 Å². The number of likely N-dealkylation sites (tertiary alicyclic amines) is 1. The molecule has 0 saturated carbocycles. The molecule has 2 rings (SSSR count). The Labute approximate surface area is 108 Å². The molecule has 5 heteroatoms. The maximum Gasteiger partial charge on any atom is 0.244 e.